The molecule has 2 rings (SSSR count). The van der Waals surface area contributed by atoms with E-state index in [-0.39, 0.29) is 11.0 Å². The molecule has 208 valence electrons. The van der Waals surface area contributed by atoms with E-state index < -0.39 is 11.7 Å². The van der Waals surface area contributed by atoms with Crippen molar-refractivity contribution in [3.63, 3.8) is 0 Å². The zero-order valence-corrected chi connectivity index (χ0v) is 26.3. The van der Waals surface area contributed by atoms with Gasteiger partial charge in [0.1, 0.15) is 4.99 Å². The van der Waals surface area contributed by atoms with Crippen LogP contribution in [-0.2, 0) is 30.3 Å². The molecule has 0 fully saturated rings. The van der Waals surface area contributed by atoms with Crippen LogP contribution in [0.2, 0.25) is 0 Å². The van der Waals surface area contributed by atoms with Crippen LogP contribution in [0.25, 0.3) is 4.85 Å². The lowest BCUT2D eigenvalue weighted by molar-refractivity contribution is 0.0591. The number of carbonyl (C=O) groups is 2. The monoisotopic (exact) mass is 598 g/mol. The van der Waals surface area contributed by atoms with Gasteiger partial charge in [-0.25, -0.2) is 14.4 Å². The minimum absolute atomic E-state index is 0.289. The third kappa shape index (κ3) is 11.6. The first-order valence-corrected chi connectivity index (χ1v) is 15.6. The van der Waals surface area contributed by atoms with Crippen LogP contribution >= 0.6 is 30.2 Å². The van der Waals surface area contributed by atoms with Gasteiger partial charge in [-0.15, -0.1) is 0 Å². The number of carbonyl (C=O) groups excluding carboxylic acids is 2. The second-order valence-corrected chi connectivity index (χ2v) is 13.4. The van der Waals surface area contributed by atoms with Gasteiger partial charge in [0.25, 0.3) is 0 Å². The van der Waals surface area contributed by atoms with Crippen LogP contribution in [0.3, 0.4) is 0 Å². The highest BCUT2D eigenvalue weighted by Crippen LogP contribution is 2.52. The predicted molar refractivity (Wildman–Crippen MR) is 163 cm³/mol. The van der Waals surface area contributed by atoms with Crippen LogP contribution in [0.15, 0.2) is 24.3 Å². The summed E-state index contributed by atoms with van der Waals surface area (Å²) in [7, 11) is 2.68. The van der Waals surface area contributed by atoms with Crippen LogP contribution in [0.5, 0.6) is 0 Å². The molecule has 0 aliphatic rings. The summed E-state index contributed by atoms with van der Waals surface area (Å²) in [6.45, 7) is 19.2. The van der Waals surface area contributed by atoms with Crippen molar-refractivity contribution in [2.75, 3.05) is 27.4 Å². The summed E-state index contributed by atoms with van der Waals surface area (Å²) in [5, 5.41) is 0. The quantitative estimate of drug-likeness (QED) is 0.120. The number of methoxy groups -OCH3 is 2. The number of hydrogen-bond acceptors (Lipinski definition) is 8. The fourth-order valence-electron chi connectivity index (χ4n) is 3.10. The Morgan fingerprint density at radius 3 is 1.63 bits per heavy atom. The second-order valence-electron chi connectivity index (χ2n) is 7.70. The standard InChI is InChI=1S/C11H13NO2S.C11H11NO2.C4H11O2PS2/c1-6-4-7(2)9(11(13)14-3)5-8(6)10(12)15;1-7-5-8(2)10(12-3)6-9(7)11(13)14-4;1-3-5-7(8,9)6-4-2/h4-5H,1-3H3,(H2,12,15);5-6H,1-2,4H3;3-4H2,1-2H3,(H,8,9). The molecule has 0 heterocycles. The van der Waals surface area contributed by atoms with Gasteiger partial charge in [0.2, 0.25) is 5.69 Å². The Balaban J connectivity index is 0.000000559. The molecule has 0 aliphatic heterocycles. The van der Waals surface area contributed by atoms with Gasteiger partial charge in [-0.05, 0) is 87.7 Å². The van der Waals surface area contributed by atoms with E-state index >= 15 is 0 Å². The third-order valence-electron chi connectivity index (χ3n) is 4.90. The lowest BCUT2D eigenvalue weighted by atomic mass is 10.00. The van der Waals surface area contributed by atoms with Gasteiger partial charge in [0.05, 0.1) is 45.1 Å². The molecule has 0 bridgehead atoms. The highest BCUT2D eigenvalue weighted by Gasteiger charge is 2.13. The van der Waals surface area contributed by atoms with E-state index in [1.165, 1.54) is 14.2 Å². The minimum atomic E-state index is -2.16. The highest BCUT2D eigenvalue weighted by molar-refractivity contribution is 8.60. The Bertz CT molecular complexity index is 1230. The normalized spacial score (nSPS) is 10.1. The van der Waals surface area contributed by atoms with Crippen molar-refractivity contribution in [1.82, 2.24) is 0 Å². The molecule has 12 heteroatoms. The van der Waals surface area contributed by atoms with Gasteiger partial charge >= 0.3 is 11.9 Å². The molecular formula is C26H35N2O6PS3. The van der Waals surface area contributed by atoms with Gasteiger partial charge in [-0.1, -0.05) is 36.6 Å². The Labute approximate surface area is 241 Å². The first-order valence-electron chi connectivity index (χ1n) is 11.4. The zero-order chi connectivity index (χ0) is 29.6. The number of rotatable bonds is 7. The van der Waals surface area contributed by atoms with E-state index in [0.717, 1.165) is 27.8 Å². The van der Waals surface area contributed by atoms with Crippen molar-refractivity contribution in [2.45, 2.75) is 41.5 Å². The van der Waals surface area contributed by atoms with Crippen molar-refractivity contribution in [1.29, 1.82) is 0 Å². The fourth-order valence-corrected chi connectivity index (χ4v) is 5.37. The number of hydrogen-bond donors (Lipinski definition) is 2. The molecule has 0 radical (unpaired) electrons. The van der Waals surface area contributed by atoms with Crippen LogP contribution < -0.4 is 5.73 Å². The molecule has 0 saturated carbocycles. The molecule has 38 heavy (non-hydrogen) atoms. The van der Waals surface area contributed by atoms with Gasteiger partial charge in [0, 0.05) is 5.56 Å². The summed E-state index contributed by atoms with van der Waals surface area (Å²) in [4.78, 5) is 26.3. The molecule has 0 unspecified atom stereocenters. The molecule has 2 N–H and O–H groups in total. The number of nitrogens with zero attached hydrogens (tertiary/aromatic N) is 1. The number of nitrogens with two attached hydrogens (primary N) is 1. The maximum Gasteiger partial charge on any atom is 0.338 e. The predicted octanol–water partition coefficient (Wildman–Crippen LogP) is 6.58. The van der Waals surface area contributed by atoms with Gasteiger partial charge in [0.15, 0.2) is 5.69 Å². The summed E-state index contributed by atoms with van der Waals surface area (Å²) in [5.41, 5.74) is 9.11. The van der Waals surface area contributed by atoms with Gasteiger partial charge < -0.3 is 24.3 Å². The lowest BCUT2D eigenvalue weighted by Crippen LogP contribution is -2.14. The fraction of sp³-hybridized carbons (Fsp3) is 0.385. The number of ether oxygens (including phenoxy) is 2. The van der Waals surface area contributed by atoms with E-state index in [4.69, 9.17) is 45.4 Å². The summed E-state index contributed by atoms with van der Waals surface area (Å²) in [5.74, 6) is -0.766. The Morgan fingerprint density at radius 1 is 0.868 bits per heavy atom. The van der Waals surface area contributed by atoms with Crippen LogP contribution in [0.1, 0.15) is 62.4 Å². The zero-order valence-electron chi connectivity index (χ0n) is 22.9. The Kier molecular flexibility index (Phi) is 16.2. The van der Waals surface area contributed by atoms with Crippen molar-refractivity contribution < 1.29 is 28.1 Å². The third-order valence-corrected chi connectivity index (χ3v) is 7.61. The summed E-state index contributed by atoms with van der Waals surface area (Å²) < 4.78 is 19.4. The number of thiocarbonyl (C=S) groups is 1. The first kappa shape index (κ1) is 35.7. The Hall–Kier alpha value is -2.32. The molecule has 0 aromatic heterocycles. The number of thiol groups is 1. The maximum atomic E-state index is 11.4. The molecule has 0 atom stereocenters. The van der Waals surface area contributed by atoms with Crippen molar-refractivity contribution in [3.8, 4) is 0 Å². The average Bonchev–Trinajstić information content (AvgIpc) is 2.83. The number of benzene rings is 2. The largest absolute Gasteiger partial charge is 0.465 e. The number of aryl methyl sites for hydroxylation is 4. The molecule has 8 nitrogen and oxygen atoms in total. The first-order chi connectivity index (χ1) is 17.7. The number of esters is 2. The lowest BCUT2D eigenvalue weighted by Gasteiger charge is -2.13. The van der Waals surface area contributed by atoms with Crippen molar-refractivity contribution in [2.24, 2.45) is 5.73 Å². The molecule has 2 aromatic rings. The molecule has 0 aliphatic carbocycles. The Morgan fingerprint density at radius 2 is 1.26 bits per heavy atom. The molecular weight excluding hydrogens is 563 g/mol. The molecule has 2 aromatic carbocycles. The topological polar surface area (TPSA) is 101 Å². The average molecular weight is 599 g/mol. The summed E-state index contributed by atoms with van der Waals surface area (Å²) in [6, 6.07) is 6.95. The SMILES string of the molecule is CCOP(=S)(S)OCC.COC(=O)c1cc(C(N)=S)c(C)cc1C.[C-]#[N+]c1cc(C(=O)OC)c(C)cc1C. The van der Waals surface area contributed by atoms with Crippen LogP contribution in [-0.4, -0.2) is 44.4 Å². The molecule has 0 amide bonds. The van der Waals surface area contributed by atoms with Crippen molar-refractivity contribution >= 4 is 64.6 Å². The summed E-state index contributed by atoms with van der Waals surface area (Å²) >= 11 is 13.8. The highest BCUT2D eigenvalue weighted by atomic mass is 32.9. The van der Waals surface area contributed by atoms with E-state index in [1.807, 2.05) is 53.7 Å². The van der Waals surface area contributed by atoms with Gasteiger partial charge in [-0.2, -0.15) is 0 Å². The summed E-state index contributed by atoms with van der Waals surface area (Å²) in [6.07, 6.45) is 0. The van der Waals surface area contributed by atoms with Crippen LogP contribution in [0, 0.1) is 34.3 Å². The van der Waals surface area contributed by atoms with Gasteiger partial charge in [-0.3, -0.25) is 0 Å². The van der Waals surface area contributed by atoms with E-state index in [9.17, 15) is 9.59 Å². The van der Waals surface area contributed by atoms with E-state index in [1.54, 1.807) is 12.1 Å². The van der Waals surface area contributed by atoms with E-state index in [2.05, 4.69) is 26.6 Å². The van der Waals surface area contributed by atoms with E-state index in [0.29, 0.717) is 30.0 Å². The second kappa shape index (κ2) is 17.3. The molecule has 0 spiro atoms. The van der Waals surface area contributed by atoms with Crippen LogP contribution in [0.4, 0.5) is 5.69 Å². The van der Waals surface area contributed by atoms with Crippen molar-refractivity contribution in [3.05, 3.63) is 74.6 Å². The smallest absolute Gasteiger partial charge is 0.338 e. The minimum Gasteiger partial charge on any atom is -0.465 e. The maximum absolute atomic E-state index is 11.4. The molecule has 0 saturated heterocycles.